The van der Waals surface area contributed by atoms with E-state index in [1.165, 1.54) is 12.5 Å². The zero-order chi connectivity index (χ0) is 16.5. The molecule has 1 N–H and O–H groups in total. The number of anilines is 3. The first-order chi connectivity index (χ1) is 11.7. The molecule has 1 fully saturated rings. The Hall–Kier alpha value is -2.77. The van der Waals surface area contributed by atoms with Crippen LogP contribution in [-0.4, -0.2) is 33.4 Å². The molecule has 3 heterocycles. The van der Waals surface area contributed by atoms with E-state index >= 15 is 0 Å². The Morgan fingerprint density at radius 1 is 1.21 bits per heavy atom. The van der Waals surface area contributed by atoms with Gasteiger partial charge >= 0.3 is 0 Å². The summed E-state index contributed by atoms with van der Waals surface area (Å²) >= 11 is 0. The molecule has 7 nitrogen and oxygen atoms in total. The molecule has 124 valence electrons. The number of hydrogen-bond donors (Lipinski definition) is 1. The fourth-order valence-corrected chi connectivity index (χ4v) is 3.01. The first-order valence-electron chi connectivity index (χ1n) is 7.97. The van der Waals surface area contributed by atoms with Gasteiger partial charge in [-0.1, -0.05) is 19.1 Å². The molecule has 1 aromatic carbocycles. The van der Waals surface area contributed by atoms with Crippen LogP contribution in [0.4, 0.5) is 21.7 Å². The lowest BCUT2D eigenvalue weighted by Crippen LogP contribution is -2.35. The standard InChI is InChI=1S/C16H17FN6O/c1-10-5-4-8-23(9-10)16-15(18-12-7-3-2-6-11(12)17)19-13-14(20-16)22-24-21-13/h2-3,6-7,10H,4-5,8-9H2,1H3,(H,18,19,21)/t10-/m1/s1. The molecule has 24 heavy (non-hydrogen) atoms. The van der Waals surface area contributed by atoms with Gasteiger partial charge in [-0.15, -0.1) is 0 Å². The van der Waals surface area contributed by atoms with Crippen molar-refractivity contribution >= 4 is 28.6 Å². The van der Waals surface area contributed by atoms with E-state index in [4.69, 9.17) is 4.63 Å². The molecular formula is C16H17FN6O. The lowest BCUT2D eigenvalue weighted by atomic mass is 10.0. The average molecular weight is 328 g/mol. The molecule has 1 aliphatic rings. The van der Waals surface area contributed by atoms with Crippen LogP contribution in [0.1, 0.15) is 19.8 Å². The van der Waals surface area contributed by atoms with Gasteiger partial charge < -0.3 is 10.2 Å². The highest BCUT2D eigenvalue weighted by Gasteiger charge is 2.23. The average Bonchev–Trinajstić information content (AvgIpc) is 3.03. The van der Waals surface area contributed by atoms with Gasteiger partial charge in [0.25, 0.3) is 0 Å². The summed E-state index contributed by atoms with van der Waals surface area (Å²) in [4.78, 5) is 11.1. The van der Waals surface area contributed by atoms with Crippen molar-refractivity contribution in [2.24, 2.45) is 5.92 Å². The van der Waals surface area contributed by atoms with Gasteiger partial charge in [0, 0.05) is 13.1 Å². The Kier molecular flexibility index (Phi) is 3.72. The third-order valence-corrected chi connectivity index (χ3v) is 4.18. The number of hydrogen-bond acceptors (Lipinski definition) is 7. The van der Waals surface area contributed by atoms with Crippen molar-refractivity contribution in [3.63, 3.8) is 0 Å². The van der Waals surface area contributed by atoms with Crippen LogP contribution in [0.3, 0.4) is 0 Å². The summed E-state index contributed by atoms with van der Waals surface area (Å²) in [7, 11) is 0. The number of halogens is 1. The predicted molar refractivity (Wildman–Crippen MR) is 87.7 cm³/mol. The fraction of sp³-hybridized carbons (Fsp3) is 0.375. The van der Waals surface area contributed by atoms with Crippen molar-refractivity contribution in [3.8, 4) is 0 Å². The maximum absolute atomic E-state index is 14.0. The molecule has 0 unspecified atom stereocenters. The number of piperidine rings is 1. The largest absolute Gasteiger partial charge is 0.353 e. The second-order valence-corrected chi connectivity index (χ2v) is 6.11. The molecule has 0 radical (unpaired) electrons. The smallest absolute Gasteiger partial charge is 0.245 e. The predicted octanol–water partition coefficient (Wildman–Crippen LogP) is 3.13. The molecule has 1 atom stereocenters. The second kappa shape index (κ2) is 6.03. The number of benzene rings is 1. The van der Waals surface area contributed by atoms with Crippen molar-refractivity contribution in [1.82, 2.24) is 20.3 Å². The summed E-state index contributed by atoms with van der Waals surface area (Å²) in [5.41, 5.74) is 0.985. The van der Waals surface area contributed by atoms with Crippen molar-refractivity contribution < 1.29 is 9.02 Å². The van der Waals surface area contributed by atoms with Crippen molar-refractivity contribution in [1.29, 1.82) is 0 Å². The maximum atomic E-state index is 14.0. The molecule has 4 rings (SSSR count). The summed E-state index contributed by atoms with van der Waals surface area (Å²) < 4.78 is 18.7. The molecule has 0 aliphatic carbocycles. The van der Waals surface area contributed by atoms with Crippen LogP contribution in [-0.2, 0) is 0 Å². The van der Waals surface area contributed by atoms with Crippen LogP contribution in [0, 0.1) is 11.7 Å². The molecule has 1 aliphatic heterocycles. The summed E-state index contributed by atoms with van der Waals surface area (Å²) in [5, 5.41) is 10.5. The minimum atomic E-state index is -0.351. The van der Waals surface area contributed by atoms with Gasteiger partial charge in [0.15, 0.2) is 11.6 Å². The maximum Gasteiger partial charge on any atom is 0.245 e. The highest BCUT2D eigenvalue weighted by molar-refractivity contribution is 5.77. The van der Waals surface area contributed by atoms with Crippen LogP contribution >= 0.6 is 0 Å². The summed E-state index contributed by atoms with van der Waals surface area (Å²) in [5.74, 6) is 1.31. The van der Waals surface area contributed by atoms with E-state index in [0.717, 1.165) is 19.5 Å². The molecule has 0 spiro atoms. The normalized spacial score (nSPS) is 18.1. The highest BCUT2D eigenvalue weighted by Crippen LogP contribution is 2.30. The first-order valence-corrected chi connectivity index (χ1v) is 7.97. The van der Waals surface area contributed by atoms with E-state index in [0.29, 0.717) is 34.5 Å². The number of fused-ring (bicyclic) bond motifs is 1. The molecule has 0 saturated carbocycles. The zero-order valence-corrected chi connectivity index (χ0v) is 13.2. The third kappa shape index (κ3) is 2.75. The van der Waals surface area contributed by atoms with E-state index in [2.05, 4.69) is 37.4 Å². The van der Waals surface area contributed by atoms with Crippen molar-refractivity contribution in [3.05, 3.63) is 30.1 Å². The Morgan fingerprint density at radius 3 is 2.79 bits per heavy atom. The number of nitrogens with zero attached hydrogens (tertiary/aromatic N) is 5. The molecule has 8 heteroatoms. The van der Waals surface area contributed by atoms with Gasteiger partial charge in [0.05, 0.1) is 5.69 Å². The zero-order valence-electron chi connectivity index (χ0n) is 13.2. The second-order valence-electron chi connectivity index (χ2n) is 6.11. The first kappa shape index (κ1) is 14.8. The fourth-order valence-electron chi connectivity index (χ4n) is 3.01. The Morgan fingerprint density at radius 2 is 2.00 bits per heavy atom. The van der Waals surface area contributed by atoms with E-state index < -0.39 is 0 Å². The van der Waals surface area contributed by atoms with E-state index in [9.17, 15) is 4.39 Å². The van der Waals surface area contributed by atoms with Crippen LogP contribution < -0.4 is 10.2 Å². The van der Waals surface area contributed by atoms with E-state index in [-0.39, 0.29) is 5.82 Å². The molecule has 2 aromatic heterocycles. The third-order valence-electron chi connectivity index (χ3n) is 4.18. The number of nitrogens with one attached hydrogen (secondary N) is 1. The number of rotatable bonds is 3. The minimum Gasteiger partial charge on any atom is -0.353 e. The van der Waals surface area contributed by atoms with Crippen LogP contribution in [0.15, 0.2) is 28.9 Å². The molecular weight excluding hydrogens is 311 g/mol. The molecule has 3 aromatic rings. The van der Waals surface area contributed by atoms with Gasteiger partial charge in [-0.2, -0.15) is 0 Å². The van der Waals surface area contributed by atoms with Crippen LogP contribution in [0.2, 0.25) is 0 Å². The number of para-hydroxylation sites is 1. The van der Waals surface area contributed by atoms with Crippen molar-refractivity contribution in [2.45, 2.75) is 19.8 Å². The quantitative estimate of drug-likeness (QED) is 0.791. The lowest BCUT2D eigenvalue weighted by molar-refractivity contribution is 0.314. The Bertz CT molecular complexity index is 867. The Labute approximate surface area is 137 Å². The minimum absolute atomic E-state index is 0.294. The topological polar surface area (TPSA) is 80.0 Å². The van der Waals surface area contributed by atoms with Gasteiger partial charge in [0.2, 0.25) is 11.3 Å². The summed E-state index contributed by atoms with van der Waals surface area (Å²) in [6.45, 7) is 3.96. The van der Waals surface area contributed by atoms with Crippen molar-refractivity contribution in [2.75, 3.05) is 23.3 Å². The number of aromatic nitrogens is 4. The highest BCUT2D eigenvalue weighted by atomic mass is 19.1. The molecule has 1 saturated heterocycles. The van der Waals surface area contributed by atoms with E-state index in [1.807, 2.05) is 0 Å². The summed E-state index contributed by atoms with van der Waals surface area (Å²) in [6.07, 6.45) is 2.27. The Balaban J connectivity index is 1.77. The SMILES string of the molecule is C[C@@H]1CCCN(c2nc3nonc3nc2Nc2ccccc2F)C1. The van der Waals surface area contributed by atoms with Gasteiger partial charge in [-0.05, 0) is 41.2 Å². The molecule has 0 bridgehead atoms. The monoisotopic (exact) mass is 328 g/mol. The van der Waals surface area contributed by atoms with Gasteiger partial charge in [-0.25, -0.2) is 19.0 Å². The van der Waals surface area contributed by atoms with Gasteiger partial charge in [0.1, 0.15) is 5.82 Å². The van der Waals surface area contributed by atoms with Gasteiger partial charge in [-0.3, -0.25) is 0 Å². The summed E-state index contributed by atoms with van der Waals surface area (Å²) in [6, 6.07) is 6.46. The van der Waals surface area contributed by atoms with Crippen LogP contribution in [0.5, 0.6) is 0 Å². The molecule has 0 amide bonds. The van der Waals surface area contributed by atoms with Crippen LogP contribution in [0.25, 0.3) is 11.3 Å². The van der Waals surface area contributed by atoms with E-state index in [1.54, 1.807) is 18.2 Å². The lowest BCUT2D eigenvalue weighted by Gasteiger charge is -2.32.